The third kappa shape index (κ3) is 4.14. The molecule has 1 aliphatic heterocycles. The van der Waals surface area contributed by atoms with Crippen LogP contribution in [0, 0.1) is 0 Å². The van der Waals surface area contributed by atoms with E-state index < -0.39 is 0 Å². The fourth-order valence-electron chi connectivity index (χ4n) is 3.26. The number of nitrogens with zero attached hydrogens (tertiary/aromatic N) is 4. The van der Waals surface area contributed by atoms with E-state index in [1.165, 1.54) is 4.90 Å². The van der Waals surface area contributed by atoms with E-state index in [-0.39, 0.29) is 18.4 Å². The molecule has 0 aliphatic carbocycles. The SMILES string of the molecule is CN(Cc1nc(-c2ccc(Cl)cc2)no1)C(=O)c1cccc(N2CCCC2=O)c1. The highest BCUT2D eigenvalue weighted by Crippen LogP contribution is 2.23. The van der Waals surface area contributed by atoms with Gasteiger partial charge in [-0.15, -0.1) is 0 Å². The van der Waals surface area contributed by atoms with Crippen LogP contribution in [0.25, 0.3) is 11.4 Å². The zero-order valence-corrected chi connectivity index (χ0v) is 16.6. The van der Waals surface area contributed by atoms with E-state index in [4.69, 9.17) is 16.1 Å². The molecule has 0 unspecified atom stereocenters. The molecular formula is C21H19ClN4O3. The molecule has 1 aliphatic rings. The van der Waals surface area contributed by atoms with Crippen molar-refractivity contribution in [1.29, 1.82) is 0 Å². The van der Waals surface area contributed by atoms with Gasteiger partial charge in [0, 0.05) is 41.9 Å². The third-order valence-electron chi connectivity index (χ3n) is 4.77. The van der Waals surface area contributed by atoms with Crippen LogP contribution in [0.2, 0.25) is 5.02 Å². The average Bonchev–Trinajstić information content (AvgIpc) is 3.37. The van der Waals surface area contributed by atoms with Crippen molar-refractivity contribution < 1.29 is 14.1 Å². The molecule has 0 radical (unpaired) electrons. The Morgan fingerprint density at radius 3 is 2.76 bits per heavy atom. The monoisotopic (exact) mass is 410 g/mol. The van der Waals surface area contributed by atoms with Gasteiger partial charge in [-0.3, -0.25) is 9.59 Å². The predicted octanol–water partition coefficient (Wildman–Crippen LogP) is 3.79. The Balaban J connectivity index is 1.46. The molecule has 2 aromatic carbocycles. The smallest absolute Gasteiger partial charge is 0.254 e. The fourth-order valence-corrected chi connectivity index (χ4v) is 3.38. The molecular weight excluding hydrogens is 392 g/mol. The van der Waals surface area contributed by atoms with Gasteiger partial charge >= 0.3 is 0 Å². The minimum atomic E-state index is -0.190. The normalized spacial score (nSPS) is 13.7. The van der Waals surface area contributed by atoms with Crippen molar-refractivity contribution in [3.63, 3.8) is 0 Å². The van der Waals surface area contributed by atoms with Crippen LogP contribution in [0.4, 0.5) is 5.69 Å². The summed E-state index contributed by atoms with van der Waals surface area (Å²) in [4.78, 5) is 32.4. The first kappa shape index (κ1) is 19.1. The van der Waals surface area contributed by atoms with Crippen LogP contribution in [0.3, 0.4) is 0 Å². The summed E-state index contributed by atoms with van der Waals surface area (Å²) in [5.41, 5.74) is 2.03. The molecule has 148 valence electrons. The van der Waals surface area contributed by atoms with Crippen molar-refractivity contribution in [2.45, 2.75) is 19.4 Å². The highest BCUT2D eigenvalue weighted by atomic mass is 35.5. The van der Waals surface area contributed by atoms with Crippen LogP contribution >= 0.6 is 11.6 Å². The molecule has 1 aromatic heterocycles. The number of carbonyl (C=O) groups is 2. The topological polar surface area (TPSA) is 79.5 Å². The van der Waals surface area contributed by atoms with Gasteiger partial charge in [0.05, 0.1) is 6.54 Å². The summed E-state index contributed by atoms with van der Waals surface area (Å²) in [6.07, 6.45) is 1.38. The Hall–Kier alpha value is -3.19. The molecule has 29 heavy (non-hydrogen) atoms. The van der Waals surface area contributed by atoms with E-state index in [2.05, 4.69) is 10.1 Å². The number of hydrogen-bond donors (Lipinski definition) is 0. The van der Waals surface area contributed by atoms with Crippen molar-refractivity contribution >= 4 is 29.1 Å². The van der Waals surface area contributed by atoms with Crippen molar-refractivity contribution in [2.24, 2.45) is 0 Å². The fraction of sp³-hybridized carbons (Fsp3) is 0.238. The van der Waals surface area contributed by atoms with Crippen molar-refractivity contribution in [3.05, 3.63) is 65.0 Å². The lowest BCUT2D eigenvalue weighted by Gasteiger charge is -2.18. The van der Waals surface area contributed by atoms with Crippen LogP contribution in [0.5, 0.6) is 0 Å². The summed E-state index contributed by atoms with van der Waals surface area (Å²) < 4.78 is 5.28. The van der Waals surface area contributed by atoms with E-state index >= 15 is 0 Å². The zero-order valence-electron chi connectivity index (χ0n) is 15.8. The van der Waals surface area contributed by atoms with Crippen LogP contribution in [-0.2, 0) is 11.3 Å². The lowest BCUT2D eigenvalue weighted by molar-refractivity contribution is -0.117. The van der Waals surface area contributed by atoms with E-state index in [9.17, 15) is 9.59 Å². The van der Waals surface area contributed by atoms with E-state index in [0.29, 0.717) is 35.3 Å². The molecule has 7 nitrogen and oxygen atoms in total. The molecule has 0 bridgehead atoms. The third-order valence-corrected chi connectivity index (χ3v) is 5.02. The highest BCUT2D eigenvalue weighted by molar-refractivity contribution is 6.30. The van der Waals surface area contributed by atoms with Crippen molar-refractivity contribution in [3.8, 4) is 11.4 Å². The van der Waals surface area contributed by atoms with Gasteiger partial charge in [-0.2, -0.15) is 4.98 Å². The molecule has 3 aromatic rings. The first-order chi connectivity index (χ1) is 14.0. The van der Waals surface area contributed by atoms with Gasteiger partial charge in [-0.05, 0) is 48.9 Å². The van der Waals surface area contributed by atoms with Crippen molar-refractivity contribution in [2.75, 3.05) is 18.5 Å². The zero-order chi connectivity index (χ0) is 20.4. The Bertz CT molecular complexity index is 1050. The summed E-state index contributed by atoms with van der Waals surface area (Å²) in [5.74, 6) is 0.664. The van der Waals surface area contributed by atoms with Crippen LogP contribution in [0.1, 0.15) is 29.1 Å². The minimum absolute atomic E-state index is 0.0866. The first-order valence-electron chi connectivity index (χ1n) is 9.26. The Morgan fingerprint density at radius 2 is 2.03 bits per heavy atom. The van der Waals surface area contributed by atoms with Crippen molar-refractivity contribution in [1.82, 2.24) is 15.0 Å². The predicted molar refractivity (Wildman–Crippen MR) is 109 cm³/mol. The van der Waals surface area contributed by atoms with Gasteiger partial charge in [-0.1, -0.05) is 22.8 Å². The summed E-state index contributed by atoms with van der Waals surface area (Å²) in [5, 5.41) is 4.59. The second-order valence-electron chi connectivity index (χ2n) is 6.88. The number of rotatable bonds is 5. The molecule has 2 amide bonds. The maximum absolute atomic E-state index is 12.8. The highest BCUT2D eigenvalue weighted by Gasteiger charge is 2.23. The van der Waals surface area contributed by atoms with Gasteiger partial charge < -0.3 is 14.3 Å². The molecule has 0 N–H and O–H groups in total. The number of carbonyl (C=O) groups excluding carboxylic acids is 2. The van der Waals surface area contributed by atoms with E-state index in [0.717, 1.165) is 17.7 Å². The number of aromatic nitrogens is 2. The van der Waals surface area contributed by atoms with E-state index in [1.54, 1.807) is 54.4 Å². The quantitative estimate of drug-likeness (QED) is 0.639. The first-order valence-corrected chi connectivity index (χ1v) is 9.63. The van der Waals surface area contributed by atoms with Gasteiger partial charge in [0.15, 0.2) is 0 Å². The molecule has 4 rings (SSSR count). The minimum Gasteiger partial charge on any atom is -0.337 e. The van der Waals surface area contributed by atoms with Crippen LogP contribution < -0.4 is 4.90 Å². The largest absolute Gasteiger partial charge is 0.337 e. The molecule has 8 heteroatoms. The van der Waals surface area contributed by atoms with Gasteiger partial charge in [0.1, 0.15) is 0 Å². The lowest BCUT2D eigenvalue weighted by atomic mass is 10.1. The summed E-state index contributed by atoms with van der Waals surface area (Å²) in [7, 11) is 1.67. The standard InChI is InChI=1S/C21H19ClN4O3/c1-25(13-18-23-20(24-29-18)14-7-9-16(22)10-8-14)21(28)15-4-2-5-17(12-15)26-11-3-6-19(26)27/h2,4-5,7-10,12H,3,6,11,13H2,1H3. The average molecular weight is 411 g/mol. The summed E-state index contributed by atoms with van der Waals surface area (Å²) >= 11 is 5.90. The molecule has 1 fully saturated rings. The number of anilines is 1. The molecule has 0 spiro atoms. The van der Waals surface area contributed by atoms with Gasteiger partial charge in [0.2, 0.25) is 17.6 Å². The van der Waals surface area contributed by atoms with Crippen LogP contribution in [-0.4, -0.2) is 40.4 Å². The summed E-state index contributed by atoms with van der Waals surface area (Å²) in [6, 6.07) is 14.2. The number of amides is 2. The van der Waals surface area contributed by atoms with Gasteiger partial charge in [-0.25, -0.2) is 0 Å². The second-order valence-corrected chi connectivity index (χ2v) is 7.32. The molecule has 0 atom stereocenters. The molecule has 1 saturated heterocycles. The number of benzene rings is 2. The second kappa shape index (κ2) is 8.05. The van der Waals surface area contributed by atoms with Crippen LogP contribution in [0.15, 0.2) is 53.1 Å². The maximum atomic E-state index is 12.8. The number of hydrogen-bond acceptors (Lipinski definition) is 5. The maximum Gasteiger partial charge on any atom is 0.254 e. The van der Waals surface area contributed by atoms with Gasteiger partial charge in [0.25, 0.3) is 5.91 Å². The Morgan fingerprint density at radius 1 is 1.24 bits per heavy atom. The Labute approximate surface area is 172 Å². The summed E-state index contributed by atoms with van der Waals surface area (Å²) in [6.45, 7) is 0.855. The molecule has 2 heterocycles. The lowest BCUT2D eigenvalue weighted by Crippen LogP contribution is -2.27. The Kier molecular flexibility index (Phi) is 5.31. The number of halogens is 1. The van der Waals surface area contributed by atoms with E-state index in [1.807, 2.05) is 6.07 Å². The molecule has 0 saturated carbocycles.